The highest BCUT2D eigenvalue weighted by Crippen LogP contribution is 2.12. The second kappa shape index (κ2) is 7.10. The van der Waals surface area contributed by atoms with Gasteiger partial charge >= 0.3 is 0 Å². The van der Waals surface area contributed by atoms with Gasteiger partial charge in [-0.2, -0.15) is 0 Å². The van der Waals surface area contributed by atoms with Crippen LogP contribution >= 0.6 is 11.3 Å². The molecule has 0 radical (unpaired) electrons. The van der Waals surface area contributed by atoms with Gasteiger partial charge in [-0.05, 0) is 30.5 Å². The molecule has 1 aromatic heterocycles. The standard InChI is InChI=1S/C16H19NO2S/c1-13-5-7-14(8-6-13)19-10-9-17(2)16(18)12-15-4-3-11-20-15/h3-8,11H,9-10,12H2,1-2H3. The molecule has 1 heterocycles. The number of carbonyl (C=O) groups is 1. The summed E-state index contributed by atoms with van der Waals surface area (Å²) in [5.74, 6) is 0.967. The van der Waals surface area contributed by atoms with Crippen LogP contribution in [0, 0.1) is 6.92 Å². The van der Waals surface area contributed by atoms with Crippen molar-refractivity contribution in [1.82, 2.24) is 4.90 Å². The van der Waals surface area contributed by atoms with Gasteiger partial charge in [0.2, 0.25) is 5.91 Å². The van der Waals surface area contributed by atoms with Crippen molar-refractivity contribution in [1.29, 1.82) is 0 Å². The molecule has 3 nitrogen and oxygen atoms in total. The molecule has 0 aliphatic rings. The smallest absolute Gasteiger partial charge is 0.227 e. The van der Waals surface area contributed by atoms with Crippen molar-refractivity contribution < 1.29 is 9.53 Å². The minimum Gasteiger partial charge on any atom is -0.492 e. The van der Waals surface area contributed by atoms with Crippen molar-refractivity contribution in [3.8, 4) is 5.75 Å². The lowest BCUT2D eigenvalue weighted by Crippen LogP contribution is -2.31. The molecule has 0 aliphatic carbocycles. The molecule has 0 saturated heterocycles. The van der Waals surface area contributed by atoms with Crippen LogP contribution in [-0.2, 0) is 11.2 Å². The Hall–Kier alpha value is -1.81. The maximum atomic E-state index is 12.0. The van der Waals surface area contributed by atoms with Gasteiger partial charge < -0.3 is 9.64 Å². The van der Waals surface area contributed by atoms with Crippen LogP contribution in [0.2, 0.25) is 0 Å². The minimum absolute atomic E-state index is 0.125. The fourth-order valence-corrected chi connectivity index (χ4v) is 2.45. The molecule has 0 saturated carbocycles. The first-order chi connectivity index (χ1) is 9.65. The zero-order valence-electron chi connectivity index (χ0n) is 11.8. The van der Waals surface area contributed by atoms with Gasteiger partial charge in [-0.1, -0.05) is 23.8 Å². The molecule has 20 heavy (non-hydrogen) atoms. The number of amides is 1. The Morgan fingerprint density at radius 3 is 2.65 bits per heavy atom. The molecular weight excluding hydrogens is 270 g/mol. The molecule has 2 aromatic rings. The first kappa shape index (κ1) is 14.6. The highest BCUT2D eigenvalue weighted by molar-refractivity contribution is 7.10. The Bertz CT molecular complexity index is 534. The maximum absolute atomic E-state index is 12.0. The lowest BCUT2D eigenvalue weighted by Gasteiger charge is -2.17. The van der Waals surface area contributed by atoms with E-state index in [1.54, 1.807) is 16.2 Å². The number of benzene rings is 1. The van der Waals surface area contributed by atoms with Crippen LogP contribution in [0.5, 0.6) is 5.75 Å². The van der Waals surface area contributed by atoms with Gasteiger partial charge in [0.25, 0.3) is 0 Å². The predicted molar refractivity (Wildman–Crippen MR) is 82.3 cm³/mol. The van der Waals surface area contributed by atoms with Crippen molar-refractivity contribution in [2.24, 2.45) is 0 Å². The Balaban J connectivity index is 1.73. The Kier molecular flexibility index (Phi) is 5.18. The lowest BCUT2D eigenvalue weighted by atomic mass is 10.2. The quantitative estimate of drug-likeness (QED) is 0.817. The normalized spacial score (nSPS) is 10.3. The molecular formula is C16H19NO2S. The van der Waals surface area contributed by atoms with E-state index in [4.69, 9.17) is 4.74 Å². The summed E-state index contributed by atoms with van der Waals surface area (Å²) in [6.45, 7) is 3.15. The van der Waals surface area contributed by atoms with Crippen molar-refractivity contribution in [3.05, 3.63) is 52.2 Å². The van der Waals surface area contributed by atoms with Crippen molar-refractivity contribution >= 4 is 17.2 Å². The van der Waals surface area contributed by atoms with Crippen LogP contribution in [0.1, 0.15) is 10.4 Å². The molecule has 4 heteroatoms. The van der Waals surface area contributed by atoms with E-state index < -0.39 is 0 Å². The summed E-state index contributed by atoms with van der Waals surface area (Å²) < 4.78 is 5.63. The zero-order valence-corrected chi connectivity index (χ0v) is 12.7. The van der Waals surface area contributed by atoms with E-state index in [1.807, 2.05) is 55.7 Å². The van der Waals surface area contributed by atoms with E-state index in [0.717, 1.165) is 10.6 Å². The third-order valence-corrected chi connectivity index (χ3v) is 3.92. The summed E-state index contributed by atoms with van der Waals surface area (Å²) in [6.07, 6.45) is 0.471. The van der Waals surface area contributed by atoms with Gasteiger partial charge in [0.1, 0.15) is 12.4 Å². The van der Waals surface area contributed by atoms with Crippen LogP contribution in [0.15, 0.2) is 41.8 Å². The van der Waals surface area contributed by atoms with E-state index in [2.05, 4.69) is 0 Å². The van der Waals surface area contributed by atoms with Gasteiger partial charge in [-0.25, -0.2) is 0 Å². The molecule has 0 N–H and O–H groups in total. The van der Waals surface area contributed by atoms with Crippen molar-refractivity contribution in [3.63, 3.8) is 0 Å². The monoisotopic (exact) mass is 289 g/mol. The molecule has 0 atom stereocenters. The summed E-state index contributed by atoms with van der Waals surface area (Å²) in [7, 11) is 1.81. The Labute approximate surface area is 123 Å². The van der Waals surface area contributed by atoms with E-state index in [1.165, 1.54) is 5.56 Å². The zero-order chi connectivity index (χ0) is 14.4. The Morgan fingerprint density at radius 1 is 1.25 bits per heavy atom. The highest BCUT2D eigenvalue weighted by Gasteiger charge is 2.10. The number of likely N-dealkylation sites (N-methyl/N-ethyl adjacent to an activating group) is 1. The number of hydrogen-bond acceptors (Lipinski definition) is 3. The predicted octanol–water partition coefficient (Wildman–Crippen LogP) is 3.14. The fraction of sp³-hybridized carbons (Fsp3) is 0.312. The van der Waals surface area contributed by atoms with Crippen molar-refractivity contribution in [2.45, 2.75) is 13.3 Å². The molecule has 0 bridgehead atoms. The largest absolute Gasteiger partial charge is 0.492 e. The molecule has 0 spiro atoms. The van der Waals surface area contributed by atoms with Crippen LogP contribution in [0.3, 0.4) is 0 Å². The van der Waals surface area contributed by atoms with Crippen LogP contribution in [0.4, 0.5) is 0 Å². The topological polar surface area (TPSA) is 29.5 Å². The molecule has 1 amide bonds. The first-order valence-electron chi connectivity index (χ1n) is 6.61. The molecule has 2 rings (SSSR count). The van der Waals surface area contributed by atoms with E-state index in [9.17, 15) is 4.79 Å². The molecule has 0 unspecified atom stereocenters. The molecule has 106 valence electrons. The number of rotatable bonds is 6. The summed E-state index contributed by atoms with van der Waals surface area (Å²) in [5.41, 5.74) is 1.21. The molecule has 1 aromatic carbocycles. The highest BCUT2D eigenvalue weighted by atomic mass is 32.1. The third-order valence-electron chi connectivity index (χ3n) is 3.05. The number of carbonyl (C=O) groups excluding carboxylic acids is 1. The van der Waals surface area contributed by atoms with Gasteiger partial charge in [-0.3, -0.25) is 4.79 Å². The summed E-state index contributed by atoms with van der Waals surface area (Å²) in [6, 6.07) is 11.9. The summed E-state index contributed by atoms with van der Waals surface area (Å²) >= 11 is 1.61. The summed E-state index contributed by atoms with van der Waals surface area (Å²) in [4.78, 5) is 14.8. The SMILES string of the molecule is Cc1ccc(OCCN(C)C(=O)Cc2cccs2)cc1. The second-order valence-electron chi connectivity index (χ2n) is 4.73. The van der Waals surface area contributed by atoms with Gasteiger partial charge in [-0.15, -0.1) is 11.3 Å². The van der Waals surface area contributed by atoms with Gasteiger partial charge in [0, 0.05) is 11.9 Å². The summed E-state index contributed by atoms with van der Waals surface area (Å²) in [5, 5.41) is 1.99. The van der Waals surface area contributed by atoms with Gasteiger partial charge in [0.05, 0.1) is 13.0 Å². The number of hydrogen-bond donors (Lipinski definition) is 0. The maximum Gasteiger partial charge on any atom is 0.227 e. The second-order valence-corrected chi connectivity index (χ2v) is 5.77. The first-order valence-corrected chi connectivity index (χ1v) is 7.49. The van der Waals surface area contributed by atoms with E-state index >= 15 is 0 Å². The average Bonchev–Trinajstić information content (AvgIpc) is 2.93. The fourth-order valence-electron chi connectivity index (χ4n) is 1.76. The van der Waals surface area contributed by atoms with Gasteiger partial charge in [0.15, 0.2) is 0 Å². The van der Waals surface area contributed by atoms with Crippen LogP contribution in [0.25, 0.3) is 0 Å². The molecule has 0 fully saturated rings. The Morgan fingerprint density at radius 2 is 2.00 bits per heavy atom. The van der Waals surface area contributed by atoms with Crippen LogP contribution in [-0.4, -0.2) is 31.0 Å². The number of thiophene rings is 1. The third kappa shape index (κ3) is 4.38. The average molecular weight is 289 g/mol. The number of ether oxygens (including phenoxy) is 1. The van der Waals surface area contributed by atoms with E-state index in [0.29, 0.717) is 19.6 Å². The lowest BCUT2D eigenvalue weighted by molar-refractivity contribution is -0.129. The molecule has 0 aliphatic heterocycles. The minimum atomic E-state index is 0.125. The van der Waals surface area contributed by atoms with Crippen LogP contribution < -0.4 is 4.74 Å². The number of nitrogens with zero attached hydrogens (tertiary/aromatic N) is 1. The van der Waals surface area contributed by atoms with E-state index in [-0.39, 0.29) is 5.91 Å². The number of aryl methyl sites for hydroxylation is 1. The van der Waals surface area contributed by atoms with Crippen molar-refractivity contribution in [2.75, 3.05) is 20.2 Å².